The second kappa shape index (κ2) is 13.0. The Morgan fingerprint density at radius 3 is 2.38 bits per heavy atom. The minimum Gasteiger partial charge on any atom is -0.484 e. The van der Waals surface area contributed by atoms with Crippen LogP contribution in [0.1, 0.15) is 44.2 Å². The first-order valence-corrected chi connectivity index (χ1v) is 12.2. The van der Waals surface area contributed by atoms with Crippen molar-refractivity contribution in [2.45, 2.75) is 56.3 Å². The molecular weight excluding hydrogens is 515 g/mol. The zero-order chi connectivity index (χ0) is 26.9. The highest BCUT2D eigenvalue weighted by Crippen LogP contribution is 2.32. The van der Waals surface area contributed by atoms with E-state index in [2.05, 4.69) is 15.6 Å². The molecule has 0 unspecified atom stereocenters. The predicted molar refractivity (Wildman–Crippen MR) is 129 cm³/mol. The molecule has 1 saturated carbocycles. The molecule has 1 aliphatic carbocycles. The second-order valence-corrected chi connectivity index (χ2v) is 9.38. The Balaban J connectivity index is 1.48. The quantitative estimate of drug-likeness (QED) is 0.397. The third-order valence-electron chi connectivity index (χ3n) is 5.93. The lowest BCUT2D eigenvalue weighted by Gasteiger charge is -2.39. The van der Waals surface area contributed by atoms with Crippen LogP contribution < -0.4 is 20.1 Å². The number of aliphatic hydroxyl groups is 1. The van der Waals surface area contributed by atoms with E-state index < -0.39 is 41.9 Å². The third kappa shape index (κ3) is 9.40. The van der Waals surface area contributed by atoms with Crippen molar-refractivity contribution in [3.8, 4) is 11.6 Å². The number of amides is 2. The highest BCUT2D eigenvalue weighted by atomic mass is 35.5. The first-order valence-electron chi connectivity index (χ1n) is 11.9. The Bertz CT molecular complexity index is 1050. The van der Waals surface area contributed by atoms with E-state index in [-0.39, 0.29) is 25.5 Å². The lowest BCUT2D eigenvalue weighted by atomic mass is 9.77. The molecule has 37 heavy (non-hydrogen) atoms. The fourth-order valence-corrected chi connectivity index (χ4v) is 4.34. The largest absolute Gasteiger partial charge is 0.484 e. The van der Waals surface area contributed by atoms with Gasteiger partial charge in [-0.25, -0.2) is 4.98 Å². The molecule has 1 aromatic heterocycles. The molecule has 0 radical (unpaired) electrons. The first kappa shape index (κ1) is 28.5. The summed E-state index contributed by atoms with van der Waals surface area (Å²) in [5.74, 6) is -0.788. The van der Waals surface area contributed by atoms with Crippen molar-refractivity contribution in [1.82, 2.24) is 15.6 Å². The lowest BCUT2D eigenvalue weighted by molar-refractivity contribution is -0.141. The molecule has 3 rings (SSSR count). The predicted octanol–water partition coefficient (Wildman–Crippen LogP) is 3.90. The zero-order valence-electron chi connectivity index (χ0n) is 20.0. The molecule has 2 aromatic rings. The number of ether oxygens (including phenoxy) is 2. The molecule has 3 N–H and O–H groups in total. The summed E-state index contributed by atoms with van der Waals surface area (Å²) in [6, 6.07) is 9.74. The van der Waals surface area contributed by atoms with E-state index in [9.17, 15) is 27.9 Å². The van der Waals surface area contributed by atoms with E-state index in [1.807, 2.05) is 0 Å². The van der Waals surface area contributed by atoms with Crippen LogP contribution in [0.3, 0.4) is 0 Å². The summed E-state index contributed by atoms with van der Waals surface area (Å²) in [6.45, 7) is -0.798. The van der Waals surface area contributed by atoms with Crippen LogP contribution in [0.5, 0.6) is 11.6 Å². The molecule has 0 saturated heterocycles. The number of halogens is 4. The van der Waals surface area contributed by atoms with Gasteiger partial charge in [0.15, 0.2) is 13.2 Å². The van der Waals surface area contributed by atoms with Crippen LogP contribution in [0, 0.1) is 0 Å². The van der Waals surface area contributed by atoms with E-state index in [0.717, 1.165) is 31.4 Å². The fraction of sp³-hybridized carbons (Fsp3) is 0.480. The normalized spacial score (nSPS) is 15.9. The van der Waals surface area contributed by atoms with Gasteiger partial charge in [-0.15, -0.1) is 0 Å². The van der Waals surface area contributed by atoms with Crippen LogP contribution in [0.25, 0.3) is 0 Å². The smallest absolute Gasteiger partial charge is 0.433 e. The Labute approximate surface area is 217 Å². The topological polar surface area (TPSA) is 110 Å². The number of carbonyl (C=O) groups is 2. The molecule has 8 nitrogen and oxygen atoms in total. The number of rotatable bonds is 11. The lowest BCUT2D eigenvalue weighted by Crippen LogP contribution is -2.54. The molecule has 1 fully saturated rings. The van der Waals surface area contributed by atoms with E-state index in [0.29, 0.717) is 23.6 Å². The molecule has 1 heterocycles. The molecule has 0 aliphatic heterocycles. The summed E-state index contributed by atoms with van der Waals surface area (Å²) < 4.78 is 49.1. The van der Waals surface area contributed by atoms with Crippen molar-refractivity contribution in [3.05, 3.63) is 53.2 Å². The van der Waals surface area contributed by atoms with Crippen molar-refractivity contribution in [2.24, 2.45) is 0 Å². The second-order valence-electron chi connectivity index (χ2n) is 8.94. The maximum Gasteiger partial charge on any atom is 0.433 e. The number of hydrogen-bond acceptors (Lipinski definition) is 6. The van der Waals surface area contributed by atoms with Gasteiger partial charge in [0, 0.05) is 23.2 Å². The van der Waals surface area contributed by atoms with E-state index in [4.69, 9.17) is 21.1 Å². The van der Waals surface area contributed by atoms with Crippen molar-refractivity contribution in [1.29, 1.82) is 0 Å². The Kier molecular flexibility index (Phi) is 9.99. The summed E-state index contributed by atoms with van der Waals surface area (Å²) in [6.07, 6.45) is -1.48. The third-order valence-corrected chi connectivity index (χ3v) is 6.18. The van der Waals surface area contributed by atoms with Gasteiger partial charge in [0.05, 0.1) is 6.10 Å². The first-order chi connectivity index (χ1) is 17.5. The Morgan fingerprint density at radius 1 is 1.03 bits per heavy atom. The standard InChI is InChI=1S/C25H29ClF3N3O5/c26-17-7-9-19(10-8-17)36-15-21(34)30-14-18(33)13-24(11-2-1-3-12-24)32-22(35)16-37-23-6-4-5-20(31-23)25(27,28)29/h4-10,18,33H,1-3,11-16H2,(H,30,34)(H,32,35)/t18-/m0/s1. The minimum atomic E-state index is -4.62. The molecule has 0 bridgehead atoms. The molecule has 1 aromatic carbocycles. The highest BCUT2D eigenvalue weighted by Gasteiger charge is 2.36. The van der Waals surface area contributed by atoms with Crippen LogP contribution in [0.4, 0.5) is 13.2 Å². The number of nitrogens with zero attached hydrogens (tertiary/aromatic N) is 1. The number of alkyl halides is 3. The molecule has 1 aliphatic rings. The summed E-state index contributed by atoms with van der Waals surface area (Å²) in [5, 5.41) is 16.6. The summed E-state index contributed by atoms with van der Waals surface area (Å²) in [7, 11) is 0. The van der Waals surface area contributed by atoms with Gasteiger partial charge in [-0.2, -0.15) is 13.2 Å². The maximum atomic E-state index is 12.8. The van der Waals surface area contributed by atoms with Gasteiger partial charge >= 0.3 is 6.18 Å². The molecule has 12 heteroatoms. The van der Waals surface area contributed by atoms with E-state index in [1.54, 1.807) is 24.3 Å². The van der Waals surface area contributed by atoms with Gasteiger partial charge in [0.1, 0.15) is 11.4 Å². The number of pyridine rings is 1. The van der Waals surface area contributed by atoms with Crippen molar-refractivity contribution >= 4 is 23.4 Å². The number of aromatic nitrogens is 1. The maximum absolute atomic E-state index is 12.8. The van der Waals surface area contributed by atoms with Gasteiger partial charge < -0.3 is 25.2 Å². The molecular formula is C25H29ClF3N3O5. The van der Waals surface area contributed by atoms with Gasteiger partial charge in [0.2, 0.25) is 5.88 Å². The number of hydrogen-bond donors (Lipinski definition) is 3. The fourth-order valence-electron chi connectivity index (χ4n) is 4.22. The molecule has 0 spiro atoms. The summed E-state index contributed by atoms with van der Waals surface area (Å²) in [4.78, 5) is 28.1. The van der Waals surface area contributed by atoms with Crippen molar-refractivity contribution < 1.29 is 37.3 Å². The number of carbonyl (C=O) groups excluding carboxylic acids is 2. The van der Waals surface area contributed by atoms with Gasteiger partial charge in [0.25, 0.3) is 11.8 Å². The van der Waals surface area contributed by atoms with E-state index in [1.165, 1.54) is 6.07 Å². The van der Waals surface area contributed by atoms with Crippen molar-refractivity contribution in [3.63, 3.8) is 0 Å². The summed E-state index contributed by atoms with van der Waals surface area (Å²) in [5.41, 5.74) is -1.83. The van der Waals surface area contributed by atoms with Crippen LogP contribution >= 0.6 is 11.6 Å². The average molecular weight is 544 g/mol. The molecule has 202 valence electrons. The average Bonchev–Trinajstić information content (AvgIpc) is 2.86. The van der Waals surface area contributed by atoms with Gasteiger partial charge in [-0.05, 0) is 49.6 Å². The highest BCUT2D eigenvalue weighted by molar-refractivity contribution is 6.30. The Morgan fingerprint density at radius 2 is 1.70 bits per heavy atom. The number of benzene rings is 1. The number of nitrogens with one attached hydrogen (secondary N) is 2. The Hall–Kier alpha value is -3.05. The van der Waals surface area contributed by atoms with Crippen LogP contribution in [-0.4, -0.2) is 53.3 Å². The molecule has 1 atom stereocenters. The summed E-state index contributed by atoms with van der Waals surface area (Å²) >= 11 is 5.81. The van der Waals surface area contributed by atoms with Gasteiger partial charge in [-0.3, -0.25) is 9.59 Å². The van der Waals surface area contributed by atoms with Crippen LogP contribution in [0.15, 0.2) is 42.5 Å². The minimum absolute atomic E-state index is 0.0366. The van der Waals surface area contributed by atoms with E-state index >= 15 is 0 Å². The van der Waals surface area contributed by atoms with Crippen LogP contribution in [-0.2, 0) is 15.8 Å². The number of aliphatic hydroxyl groups excluding tert-OH is 1. The van der Waals surface area contributed by atoms with Crippen LogP contribution in [0.2, 0.25) is 5.02 Å². The van der Waals surface area contributed by atoms with Gasteiger partial charge in [-0.1, -0.05) is 36.9 Å². The monoisotopic (exact) mass is 543 g/mol. The SMILES string of the molecule is O=C(COc1ccc(Cl)cc1)NC[C@@H](O)CC1(NC(=O)COc2cccc(C(F)(F)F)n2)CCCCC1. The zero-order valence-corrected chi connectivity index (χ0v) is 20.8. The molecule has 2 amide bonds. The van der Waals surface area contributed by atoms with Crippen molar-refractivity contribution in [2.75, 3.05) is 19.8 Å².